The molecule has 0 bridgehead atoms. The molecule has 3 aliphatic rings. The number of carbonyl (C=O) groups is 3. The van der Waals surface area contributed by atoms with E-state index in [0.717, 1.165) is 39.4 Å². The summed E-state index contributed by atoms with van der Waals surface area (Å²) >= 11 is 0. The molecule has 5 rings (SSSR count). The van der Waals surface area contributed by atoms with Gasteiger partial charge < -0.3 is 10.2 Å². The largest absolute Gasteiger partial charge is 0.347 e. The van der Waals surface area contributed by atoms with Gasteiger partial charge in [0.25, 0.3) is 5.91 Å². The third kappa shape index (κ3) is 2.67. The highest BCUT2D eigenvalue weighted by Crippen LogP contribution is 2.46. The number of likely N-dealkylation sites (N-methyl/N-ethyl adjacent to an activating group) is 1. The third-order valence-corrected chi connectivity index (χ3v) is 6.97. The second-order valence-electron chi connectivity index (χ2n) is 9.08. The van der Waals surface area contributed by atoms with E-state index < -0.39 is 11.6 Å². The maximum absolute atomic E-state index is 13.3. The molecule has 2 aromatic rings. The van der Waals surface area contributed by atoms with Crippen molar-refractivity contribution in [2.75, 3.05) is 18.5 Å². The van der Waals surface area contributed by atoms with E-state index in [1.165, 1.54) is 0 Å². The SMILES string of the molecule is CN1/C(=C\C(=O)CN2C(=O)NC3(CCc4ccccc43)C2=O)C(C)(C)c2ccccc21. The number of para-hydroxylation sites is 1. The van der Waals surface area contributed by atoms with Gasteiger partial charge in [-0.05, 0) is 35.6 Å². The van der Waals surface area contributed by atoms with Gasteiger partial charge in [-0.1, -0.05) is 56.3 Å². The van der Waals surface area contributed by atoms with Crippen molar-refractivity contribution in [3.8, 4) is 0 Å². The van der Waals surface area contributed by atoms with Crippen LogP contribution in [0, 0.1) is 0 Å². The monoisotopic (exact) mass is 415 g/mol. The lowest BCUT2D eigenvalue weighted by molar-refractivity contribution is -0.133. The number of benzene rings is 2. The Labute approximate surface area is 181 Å². The second-order valence-corrected chi connectivity index (χ2v) is 9.08. The van der Waals surface area contributed by atoms with E-state index in [1.54, 1.807) is 6.08 Å². The van der Waals surface area contributed by atoms with Crippen LogP contribution in [0.4, 0.5) is 10.5 Å². The van der Waals surface area contributed by atoms with Gasteiger partial charge in [0.2, 0.25) is 0 Å². The minimum atomic E-state index is -1.04. The number of carbonyl (C=O) groups excluding carboxylic acids is 3. The molecule has 1 fully saturated rings. The molecule has 3 amide bonds. The molecule has 6 heteroatoms. The van der Waals surface area contributed by atoms with Crippen LogP contribution in [-0.2, 0) is 27.0 Å². The first-order chi connectivity index (χ1) is 14.8. The van der Waals surface area contributed by atoms with Crippen molar-refractivity contribution in [3.63, 3.8) is 0 Å². The van der Waals surface area contributed by atoms with Crippen molar-refractivity contribution in [1.82, 2.24) is 10.2 Å². The van der Waals surface area contributed by atoms with Crippen LogP contribution in [0.3, 0.4) is 0 Å². The van der Waals surface area contributed by atoms with Gasteiger partial charge in [-0.2, -0.15) is 0 Å². The number of hydrogen-bond acceptors (Lipinski definition) is 4. The van der Waals surface area contributed by atoms with Gasteiger partial charge in [0, 0.05) is 29.9 Å². The maximum Gasteiger partial charge on any atom is 0.325 e. The highest BCUT2D eigenvalue weighted by molar-refractivity contribution is 6.11. The Morgan fingerprint density at radius 2 is 1.74 bits per heavy atom. The Hall–Kier alpha value is -3.41. The molecule has 0 aromatic heterocycles. The number of aryl methyl sites for hydroxylation is 1. The summed E-state index contributed by atoms with van der Waals surface area (Å²) in [6.45, 7) is 3.89. The Kier molecular flexibility index (Phi) is 4.13. The number of anilines is 1. The third-order valence-electron chi connectivity index (χ3n) is 6.97. The van der Waals surface area contributed by atoms with E-state index >= 15 is 0 Å². The Balaban J connectivity index is 1.41. The van der Waals surface area contributed by atoms with E-state index in [-0.39, 0.29) is 23.7 Å². The number of hydrogen-bond donors (Lipinski definition) is 1. The molecule has 6 nitrogen and oxygen atoms in total. The zero-order chi connectivity index (χ0) is 22.0. The molecular formula is C25H25N3O3. The number of fused-ring (bicyclic) bond motifs is 3. The summed E-state index contributed by atoms with van der Waals surface area (Å²) in [4.78, 5) is 42.1. The number of nitrogens with one attached hydrogen (secondary N) is 1. The summed E-state index contributed by atoms with van der Waals surface area (Å²) in [5.74, 6) is -0.605. The van der Waals surface area contributed by atoms with Crippen molar-refractivity contribution < 1.29 is 14.4 Å². The number of ketones is 1. The van der Waals surface area contributed by atoms with Crippen LogP contribution in [0.2, 0.25) is 0 Å². The summed E-state index contributed by atoms with van der Waals surface area (Å²) in [5, 5.41) is 2.88. The summed E-state index contributed by atoms with van der Waals surface area (Å²) < 4.78 is 0. The molecule has 158 valence electrons. The van der Waals surface area contributed by atoms with Gasteiger partial charge in [0.15, 0.2) is 5.78 Å². The van der Waals surface area contributed by atoms with Crippen LogP contribution in [0.1, 0.15) is 37.0 Å². The van der Waals surface area contributed by atoms with Crippen LogP contribution in [-0.4, -0.2) is 36.2 Å². The Morgan fingerprint density at radius 3 is 2.48 bits per heavy atom. The first-order valence-electron chi connectivity index (χ1n) is 10.6. The van der Waals surface area contributed by atoms with Crippen LogP contribution >= 0.6 is 0 Å². The topological polar surface area (TPSA) is 69.7 Å². The number of nitrogens with zero attached hydrogens (tertiary/aromatic N) is 2. The van der Waals surface area contributed by atoms with E-state index in [0.29, 0.717) is 6.42 Å². The standard InChI is InChI=1S/C25H25N3O3/c1-24(2)19-10-6-7-11-20(19)27(3)21(24)14-17(29)15-28-22(30)25(26-23(28)31)13-12-16-8-4-5-9-18(16)25/h4-11,14H,12-13,15H2,1-3H3,(H,26,31)/b21-14-. The zero-order valence-electron chi connectivity index (χ0n) is 17.9. The van der Waals surface area contributed by atoms with E-state index in [1.807, 2.05) is 54.4 Å². The Morgan fingerprint density at radius 1 is 1.06 bits per heavy atom. The van der Waals surface area contributed by atoms with Crippen LogP contribution in [0.25, 0.3) is 0 Å². The van der Waals surface area contributed by atoms with Crippen molar-refractivity contribution in [3.05, 3.63) is 77.0 Å². The highest BCUT2D eigenvalue weighted by atomic mass is 16.2. The van der Waals surface area contributed by atoms with Crippen molar-refractivity contribution in [2.24, 2.45) is 0 Å². The second kappa shape index (κ2) is 6.54. The van der Waals surface area contributed by atoms with Gasteiger partial charge in [0.05, 0.1) is 6.54 Å². The molecule has 1 N–H and O–H groups in total. The molecule has 0 radical (unpaired) electrons. The van der Waals surface area contributed by atoms with Gasteiger partial charge in [-0.25, -0.2) is 4.79 Å². The van der Waals surface area contributed by atoms with E-state index in [2.05, 4.69) is 25.2 Å². The first kappa shape index (κ1) is 19.5. The molecule has 2 aliphatic heterocycles. The molecular weight excluding hydrogens is 390 g/mol. The maximum atomic E-state index is 13.3. The van der Waals surface area contributed by atoms with E-state index in [4.69, 9.17) is 0 Å². The fraction of sp³-hybridized carbons (Fsp3) is 0.320. The molecule has 1 aliphatic carbocycles. The molecule has 1 saturated heterocycles. The first-order valence-corrected chi connectivity index (χ1v) is 10.6. The minimum absolute atomic E-state index is 0.266. The predicted molar refractivity (Wildman–Crippen MR) is 118 cm³/mol. The van der Waals surface area contributed by atoms with Crippen molar-refractivity contribution in [1.29, 1.82) is 0 Å². The minimum Gasteiger partial charge on any atom is -0.347 e. The lowest BCUT2D eigenvalue weighted by Crippen LogP contribution is -2.42. The predicted octanol–water partition coefficient (Wildman–Crippen LogP) is 3.26. The molecule has 0 saturated carbocycles. The normalized spacial score (nSPS) is 24.7. The average molecular weight is 415 g/mol. The lowest BCUT2D eigenvalue weighted by Gasteiger charge is -2.24. The van der Waals surface area contributed by atoms with Crippen LogP contribution < -0.4 is 10.2 Å². The molecule has 31 heavy (non-hydrogen) atoms. The lowest BCUT2D eigenvalue weighted by atomic mass is 9.83. The fourth-order valence-corrected chi connectivity index (χ4v) is 5.35. The molecule has 1 unspecified atom stereocenters. The van der Waals surface area contributed by atoms with Gasteiger partial charge in [-0.15, -0.1) is 0 Å². The van der Waals surface area contributed by atoms with Gasteiger partial charge >= 0.3 is 6.03 Å². The number of allylic oxidation sites excluding steroid dienone is 1. The van der Waals surface area contributed by atoms with Crippen LogP contribution in [0.5, 0.6) is 0 Å². The molecule has 1 atom stereocenters. The number of urea groups is 1. The van der Waals surface area contributed by atoms with E-state index in [9.17, 15) is 14.4 Å². The highest BCUT2D eigenvalue weighted by Gasteiger charge is 2.55. The molecule has 1 spiro atoms. The summed E-state index contributed by atoms with van der Waals surface area (Å²) in [6.07, 6.45) is 2.83. The smallest absolute Gasteiger partial charge is 0.325 e. The number of rotatable bonds is 3. The van der Waals surface area contributed by atoms with Gasteiger partial charge in [-0.3, -0.25) is 14.5 Å². The van der Waals surface area contributed by atoms with Crippen molar-refractivity contribution in [2.45, 2.75) is 37.6 Å². The number of imide groups is 1. The fourth-order valence-electron chi connectivity index (χ4n) is 5.35. The molecule has 2 heterocycles. The molecule has 2 aromatic carbocycles. The van der Waals surface area contributed by atoms with Gasteiger partial charge in [0.1, 0.15) is 5.54 Å². The summed E-state index contributed by atoms with van der Waals surface area (Å²) in [6, 6.07) is 15.2. The number of amides is 3. The van der Waals surface area contributed by atoms with Crippen LogP contribution in [0.15, 0.2) is 60.3 Å². The average Bonchev–Trinajstić information content (AvgIpc) is 3.30. The Bertz CT molecular complexity index is 1170. The summed E-state index contributed by atoms with van der Waals surface area (Å²) in [7, 11) is 1.94. The summed E-state index contributed by atoms with van der Waals surface area (Å²) in [5.41, 5.74) is 3.58. The quantitative estimate of drug-likeness (QED) is 0.617. The zero-order valence-corrected chi connectivity index (χ0v) is 17.9. The van der Waals surface area contributed by atoms with Crippen molar-refractivity contribution >= 4 is 23.4 Å².